The van der Waals surface area contributed by atoms with Gasteiger partial charge >= 0.3 is 0 Å². The van der Waals surface area contributed by atoms with Crippen LogP contribution >= 0.6 is 15.9 Å². The zero-order valence-corrected chi connectivity index (χ0v) is 12.5. The second-order valence-corrected chi connectivity index (χ2v) is 6.43. The molecule has 1 aliphatic rings. The van der Waals surface area contributed by atoms with Gasteiger partial charge in [-0.15, -0.1) is 0 Å². The number of nitrogens with two attached hydrogens (primary N) is 1. The molecule has 2 rings (SSSR count). The predicted molar refractivity (Wildman–Crippen MR) is 77.0 cm³/mol. The van der Waals surface area contributed by atoms with Crippen molar-refractivity contribution in [2.75, 3.05) is 0 Å². The van der Waals surface area contributed by atoms with Crippen LogP contribution in [0.15, 0.2) is 22.7 Å². The van der Waals surface area contributed by atoms with Crippen LogP contribution in [0.1, 0.15) is 44.6 Å². The Morgan fingerprint density at radius 3 is 2.56 bits per heavy atom. The van der Waals surface area contributed by atoms with Crippen molar-refractivity contribution in [1.29, 1.82) is 0 Å². The van der Waals surface area contributed by atoms with Gasteiger partial charge < -0.3 is 5.73 Å². The van der Waals surface area contributed by atoms with Gasteiger partial charge in [0, 0.05) is 10.5 Å². The van der Waals surface area contributed by atoms with Crippen molar-refractivity contribution < 1.29 is 4.39 Å². The summed E-state index contributed by atoms with van der Waals surface area (Å²) in [5.41, 5.74) is 7.69. The number of rotatable bonds is 4. The van der Waals surface area contributed by atoms with E-state index in [0.717, 1.165) is 22.9 Å². The molecule has 18 heavy (non-hydrogen) atoms. The average molecular weight is 314 g/mol. The van der Waals surface area contributed by atoms with Gasteiger partial charge in [0.15, 0.2) is 0 Å². The maximum Gasteiger partial charge on any atom is 0.124 e. The molecule has 0 aromatic heterocycles. The summed E-state index contributed by atoms with van der Waals surface area (Å²) in [7, 11) is 0. The summed E-state index contributed by atoms with van der Waals surface area (Å²) in [5.74, 6) is -0.191. The second kappa shape index (κ2) is 5.70. The molecule has 1 aromatic rings. The van der Waals surface area contributed by atoms with Crippen LogP contribution in [0.3, 0.4) is 0 Å². The van der Waals surface area contributed by atoms with E-state index < -0.39 is 0 Å². The van der Waals surface area contributed by atoms with Crippen LogP contribution in [0.4, 0.5) is 4.39 Å². The third-order valence-electron chi connectivity index (χ3n) is 4.47. The van der Waals surface area contributed by atoms with Gasteiger partial charge in [-0.3, -0.25) is 0 Å². The molecular weight excluding hydrogens is 293 g/mol. The molecule has 1 aliphatic carbocycles. The second-order valence-electron chi connectivity index (χ2n) is 5.51. The van der Waals surface area contributed by atoms with Crippen molar-refractivity contribution >= 4 is 15.9 Å². The standard InChI is InChI=1S/C15H21BrFN/c1-2-15(5-3-4-6-15)14(18)9-11-7-12(16)10-13(17)8-11/h7-8,10,14H,2-6,9,18H2,1H3. The molecule has 0 heterocycles. The molecule has 1 aromatic carbocycles. The van der Waals surface area contributed by atoms with E-state index >= 15 is 0 Å². The summed E-state index contributed by atoms with van der Waals surface area (Å²) in [6.45, 7) is 2.23. The Labute approximate surface area is 117 Å². The third kappa shape index (κ3) is 2.94. The van der Waals surface area contributed by atoms with E-state index in [0.29, 0.717) is 0 Å². The molecule has 1 nitrogen and oxygen atoms in total. The fourth-order valence-corrected chi connectivity index (χ4v) is 3.78. The smallest absolute Gasteiger partial charge is 0.124 e. The van der Waals surface area contributed by atoms with Gasteiger partial charge in [0.05, 0.1) is 0 Å². The van der Waals surface area contributed by atoms with Crippen LogP contribution in [-0.2, 0) is 6.42 Å². The lowest BCUT2D eigenvalue weighted by molar-refractivity contribution is 0.218. The summed E-state index contributed by atoms with van der Waals surface area (Å²) in [5, 5.41) is 0. The number of hydrogen-bond donors (Lipinski definition) is 1. The first-order valence-electron chi connectivity index (χ1n) is 6.76. The van der Waals surface area contributed by atoms with Crippen LogP contribution in [-0.4, -0.2) is 6.04 Å². The third-order valence-corrected chi connectivity index (χ3v) is 4.93. The van der Waals surface area contributed by atoms with Crippen molar-refractivity contribution in [3.63, 3.8) is 0 Å². The zero-order chi connectivity index (χ0) is 13.2. The molecule has 1 saturated carbocycles. The number of hydrogen-bond acceptors (Lipinski definition) is 1. The normalized spacial score (nSPS) is 20.0. The molecule has 0 radical (unpaired) electrons. The van der Waals surface area contributed by atoms with Crippen LogP contribution < -0.4 is 5.73 Å². The van der Waals surface area contributed by atoms with Crippen LogP contribution in [0, 0.1) is 11.2 Å². The van der Waals surface area contributed by atoms with E-state index in [2.05, 4.69) is 22.9 Å². The van der Waals surface area contributed by atoms with Crippen molar-refractivity contribution in [2.45, 2.75) is 51.5 Å². The van der Waals surface area contributed by atoms with Gasteiger partial charge in [-0.25, -0.2) is 4.39 Å². The highest BCUT2D eigenvalue weighted by Crippen LogP contribution is 2.44. The predicted octanol–water partition coefficient (Wildman–Crippen LogP) is 4.43. The van der Waals surface area contributed by atoms with Gasteiger partial charge in [-0.2, -0.15) is 0 Å². The highest BCUT2D eigenvalue weighted by atomic mass is 79.9. The van der Waals surface area contributed by atoms with Crippen molar-refractivity contribution in [1.82, 2.24) is 0 Å². The highest BCUT2D eigenvalue weighted by molar-refractivity contribution is 9.10. The molecule has 1 fully saturated rings. The first kappa shape index (κ1) is 14.0. The number of halogens is 2. The maximum atomic E-state index is 13.4. The van der Waals surface area contributed by atoms with Crippen LogP contribution in [0.25, 0.3) is 0 Å². The Morgan fingerprint density at radius 1 is 1.33 bits per heavy atom. The average Bonchev–Trinajstić information content (AvgIpc) is 2.77. The fourth-order valence-electron chi connectivity index (χ4n) is 3.26. The van der Waals surface area contributed by atoms with Crippen molar-refractivity contribution in [2.24, 2.45) is 11.1 Å². The zero-order valence-electron chi connectivity index (χ0n) is 10.9. The maximum absolute atomic E-state index is 13.4. The fraction of sp³-hybridized carbons (Fsp3) is 0.600. The first-order valence-corrected chi connectivity index (χ1v) is 7.55. The number of benzene rings is 1. The highest BCUT2D eigenvalue weighted by Gasteiger charge is 2.37. The Kier molecular flexibility index (Phi) is 4.44. The summed E-state index contributed by atoms with van der Waals surface area (Å²) < 4.78 is 14.2. The van der Waals surface area contributed by atoms with Crippen LogP contribution in [0.5, 0.6) is 0 Å². The van der Waals surface area contributed by atoms with Gasteiger partial charge in [-0.05, 0) is 54.9 Å². The minimum absolute atomic E-state index is 0.138. The van der Waals surface area contributed by atoms with E-state index in [9.17, 15) is 4.39 Å². The lowest BCUT2D eigenvalue weighted by Crippen LogP contribution is -2.41. The minimum atomic E-state index is -0.191. The van der Waals surface area contributed by atoms with Gasteiger partial charge in [0.1, 0.15) is 5.82 Å². The molecule has 0 bridgehead atoms. The Hall–Kier alpha value is -0.410. The minimum Gasteiger partial charge on any atom is -0.327 e. The largest absolute Gasteiger partial charge is 0.327 e. The summed E-state index contributed by atoms with van der Waals surface area (Å²) >= 11 is 3.34. The quantitative estimate of drug-likeness (QED) is 0.874. The van der Waals surface area contributed by atoms with E-state index in [4.69, 9.17) is 5.73 Å². The molecule has 1 atom stereocenters. The van der Waals surface area contributed by atoms with Crippen molar-refractivity contribution in [3.05, 3.63) is 34.1 Å². The lowest BCUT2D eigenvalue weighted by Gasteiger charge is -2.34. The molecule has 0 saturated heterocycles. The van der Waals surface area contributed by atoms with E-state index in [-0.39, 0.29) is 17.3 Å². The molecular formula is C15H21BrFN. The SMILES string of the molecule is CCC1(C(N)Cc2cc(F)cc(Br)c2)CCCC1. The monoisotopic (exact) mass is 313 g/mol. The van der Waals surface area contributed by atoms with Gasteiger partial charge in [0.25, 0.3) is 0 Å². The Bertz CT molecular complexity index is 393. The molecule has 0 aliphatic heterocycles. The van der Waals surface area contributed by atoms with Gasteiger partial charge in [0.2, 0.25) is 0 Å². The summed E-state index contributed by atoms with van der Waals surface area (Å²) in [6.07, 6.45) is 6.92. The molecule has 1 unspecified atom stereocenters. The summed E-state index contributed by atoms with van der Waals surface area (Å²) in [4.78, 5) is 0. The van der Waals surface area contributed by atoms with Crippen LogP contribution in [0.2, 0.25) is 0 Å². The van der Waals surface area contributed by atoms with E-state index in [1.165, 1.54) is 31.7 Å². The Balaban J connectivity index is 2.12. The molecule has 0 spiro atoms. The molecule has 100 valence electrons. The van der Waals surface area contributed by atoms with Gasteiger partial charge in [-0.1, -0.05) is 35.7 Å². The molecule has 3 heteroatoms. The first-order chi connectivity index (χ1) is 8.55. The topological polar surface area (TPSA) is 26.0 Å². The molecule has 2 N–H and O–H groups in total. The lowest BCUT2D eigenvalue weighted by atomic mass is 9.74. The van der Waals surface area contributed by atoms with E-state index in [1.807, 2.05) is 6.07 Å². The molecule has 0 amide bonds. The Morgan fingerprint density at radius 2 is 2.00 bits per heavy atom. The summed E-state index contributed by atoms with van der Waals surface area (Å²) in [6, 6.07) is 5.20. The van der Waals surface area contributed by atoms with Crippen molar-refractivity contribution in [3.8, 4) is 0 Å². The van der Waals surface area contributed by atoms with E-state index in [1.54, 1.807) is 6.07 Å².